The molecule has 1 aliphatic heterocycles. The van der Waals surface area contributed by atoms with Gasteiger partial charge in [0.2, 0.25) is 5.82 Å². The molecule has 0 bridgehead atoms. The summed E-state index contributed by atoms with van der Waals surface area (Å²) in [5.41, 5.74) is 2.81. The van der Waals surface area contributed by atoms with Crippen LogP contribution in [0.15, 0.2) is 27.4 Å². The van der Waals surface area contributed by atoms with Crippen LogP contribution < -0.4 is 5.32 Å². The van der Waals surface area contributed by atoms with Crippen LogP contribution in [0.3, 0.4) is 0 Å². The molecule has 1 atom stereocenters. The Kier molecular flexibility index (Phi) is 4.05. The highest BCUT2D eigenvalue weighted by Crippen LogP contribution is 2.26. The topological polar surface area (TPSA) is 79.6 Å². The van der Waals surface area contributed by atoms with Crippen molar-refractivity contribution in [3.8, 4) is 23.0 Å². The van der Waals surface area contributed by atoms with Crippen molar-refractivity contribution in [2.45, 2.75) is 12.3 Å². The van der Waals surface area contributed by atoms with Gasteiger partial charge in [0.25, 0.3) is 5.89 Å². The molecule has 0 spiro atoms. The van der Waals surface area contributed by atoms with Gasteiger partial charge in [0.05, 0.1) is 0 Å². The van der Waals surface area contributed by atoms with E-state index in [1.165, 1.54) is 0 Å². The van der Waals surface area contributed by atoms with E-state index >= 15 is 0 Å². The summed E-state index contributed by atoms with van der Waals surface area (Å²) in [6.07, 6.45) is 1.13. The molecule has 110 valence electrons. The van der Waals surface area contributed by atoms with Gasteiger partial charge in [0, 0.05) is 29.1 Å². The summed E-state index contributed by atoms with van der Waals surface area (Å²) in [7, 11) is 0. The molecule has 1 fully saturated rings. The largest absolute Gasteiger partial charge is 0.332 e. The van der Waals surface area contributed by atoms with Crippen molar-refractivity contribution in [2.75, 3.05) is 13.1 Å². The lowest BCUT2D eigenvalue weighted by Gasteiger charge is -2.02. The molecule has 4 heterocycles. The van der Waals surface area contributed by atoms with Gasteiger partial charge in [0.15, 0.2) is 5.69 Å². The zero-order chi connectivity index (χ0) is 13.4. The predicted octanol–water partition coefficient (Wildman–Crippen LogP) is 2.69. The van der Waals surface area contributed by atoms with E-state index in [2.05, 4.69) is 25.7 Å². The standard InChI is InChI=1S/C13H13N5OS.ClH/c1-3-14-6-8(1)10-5-11(17-16-10)13-15-12(18-19-13)9-2-4-20-7-9;/h2,4-5,7-8,14H,1,3,6H2,(H,16,17);1H. The van der Waals surface area contributed by atoms with E-state index in [0.717, 1.165) is 30.8 Å². The van der Waals surface area contributed by atoms with Crippen molar-refractivity contribution < 1.29 is 4.52 Å². The number of nitrogens with one attached hydrogen (secondary N) is 2. The Morgan fingerprint density at radius 1 is 1.38 bits per heavy atom. The van der Waals surface area contributed by atoms with E-state index in [1.54, 1.807) is 11.3 Å². The van der Waals surface area contributed by atoms with Gasteiger partial charge in [0.1, 0.15) is 0 Å². The van der Waals surface area contributed by atoms with Crippen LogP contribution in [0.25, 0.3) is 23.0 Å². The van der Waals surface area contributed by atoms with Crippen LogP contribution in [0.2, 0.25) is 0 Å². The van der Waals surface area contributed by atoms with Crippen LogP contribution >= 0.6 is 23.7 Å². The van der Waals surface area contributed by atoms with E-state index in [-0.39, 0.29) is 12.4 Å². The summed E-state index contributed by atoms with van der Waals surface area (Å²) in [6.45, 7) is 2.05. The quantitative estimate of drug-likeness (QED) is 0.774. The Bertz CT molecular complexity index is 702. The van der Waals surface area contributed by atoms with Gasteiger partial charge in [-0.1, -0.05) is 5.16 Å². The summed E-state index contributed by atoms with van der Waals surface area (Å²) in [5, 5.41) is 18.7. The number of rotatable bonds is 3. The fraction of sp³-hybridized carbons (Fsp3) is 0.308. The van der Waals surface area contributed by atoms with E-state index < -0.39 is 0 Å². The minimum Gasteiger partial charge on any atom is -0.332 e. The highest BCUT2D eigenvalue weighted by atomic mass is 35.5. The number of halogens is 1. The first-order valence-electron chi connectivity index (χ1n) is 6.53. The van der Waals surface area contributed by atoms with Gasteiger partial charge < -0.3 is 9.84 Å². The Morgan fingerprint density at radius 2 is 2.33 bits per heavy atom. The van der Waals surface area contributed by atoms with Crippen LogP contribution in [-0.2, 0) is 0 Å². The van der Waals surface area contributed by atoms with Gasteiger partial charge in [-0.15, -0.1) is 12.4 Å². The molecule has 0 amide bonds. The Balaban J connectivity index is 0.00000132. The van der Waals surface area contributed by atoms with Crippen molar-refractivity contribution in [1.29, 1.82) is 0 Å². The van der Waals surface area contributed by atoms with Crippen LogP contribution in [0.5, 0.6) is 0 Å². The first-order valence-corrected chi connectivity index (χ1v) is 7.47. The second-order valence-electron chi connectivity index (χ2n) is 4.83. The second kappa shape index (κ2) is 5.97. The average Bonchev–Trinajstić information content (AvgIpc) is 3.22. The molecule has 0 aliphatic carbocycles. The van der Waals surface area contributed by atoms with Gasteiger partial charge in [-0.25, -0.2) is 0 Å². The molecule has 1 unspecified atom stereocenters. The summed E-state index contributed by atoms with van der Waals surface area (Å²) in [6, 6.07) is 3.97. The van der Waals surface area contributed by atoms with E-state index in [9.17, 15) is 0 Å². The first-order chi connectivity index (χ1) is 9.90. The summed E-state index contributed by atoms with van der Waals surface area (Å²) >= 11 is 1.61. The minimum atomic E-state index is 0. The summed E-state index contributed by atoms with van der Waals surface area (Å²) in [5.74, 6) is 1.56. The third-order valence-corrected chi connectivity index (χ3v) is 4.21. The normalized spacial score (nSPS) is 17.8. The molecule has 0 aromatic carbocycles. The molecular weight excluding hydrogens is 310 g/mol. The molecule has 8 heteroatoms. The van der Waals surface area contributed by atoms with E-state index in [4.69, 9.17) is 4.52 Å². The molecule has 21 heavy (non-hydrogen) atoms. The molecule has 1 aliphatic rings. The first kappa shape index (κ1) is 14.2. The lowest BCUT2D eigenvalue weighted by molar-refractivity contribution is 0.431. The Labute approximate surface area is 131 Å². The molecular formula is C13H14ClN5OS. The third-order valence-electron chi connectivity index (χ3n) is 3.52. The number of aromatic nitrogens is 4. The van der Waals surface area contributed by atoms with Crippen molar-refractivity contribution in [3.05, 3.63) is 28.6 Å². The minimum absolute atomic E-state index is 0. The Hall–Kier alpha value is -1.70. The summed E-state index contributed by atoms with van der Waals surface area (Å²) in [4.78, 5) is 4.39. The van der Waals surface area contributed by atoms with Gasteiger partial charge in [-0.05, 0) is 30.5 Å². The van der Waals surface area contributed by atoms with Crippen LogP contribution in [0.4, 0.5) is 0 Å². The van der Waals surface area contributed by atoms with Crippen molar-refractivity contribution >= 4 is 23.7 Å². The van der Waals surface area contributed by atoms with Crippen LogP contribution in [0, 0.1) is 0 Å². The molecule has 0 saturated carbocycles. The lowest BCUT2D eigenvalue weighted by Crippen LogP contribution is -2.08. The average molecular weight is 324 g/mol. The zero-order valence-electron chi connectivity index (χ0n) is 11.1. The zero-order valence-corrected chi connectivity index (χ0v) is 12.7. The monoisotopic (exact) mass is 323 g/mol. The number of H-pyrrole nitrogens is 1. The van der Waals surface area contributed by atoms with Crippen molar-refractivity contribution in [2.24, 2.45) is 0 Å². The maximum atomic E-state index is 5.30. The predicted molar refractivity (Wildman–Crippen MR) is 82.7 cm³/mol. The highest BCUT2D eigenvalue weighted by Gasteiger charge is 2.21. The molecule has 4 rings (SSSR count). The van der Waals surface area contributed by atoms with Crippen molar-refractivity contribution in [3.63, 3.8) is 0 Å². The second-order valence-corrected chi connectivity index (χ2v) is 5.61. The molecule has 2 N–H and O–H groups in total. The maximum Gasteiger partial charge on any atom is 0.278 e. The highest BCUT2D eigenvalue weighted by molar-refractivity contribution is 7.08. The molecule has 0 radical (unpaired) electrons. The molecule has 3 aromatic heterocycles. The van der Waals surface area contributed by atoms with E-state index in [1.807, 2.05) is 22.9 Å². The van der Waals surface area contributed by atoms with Gasteiger partial charge in [-0.3, -0.25) is 5.10 Å². The number of aromatic amines is 1. The number of thiophene rings is 1. The number of nitrogens with zero attached hydrogens (tertiary/aromatic N) is 3. The molecule has 1 saturated heterocycles. The van der Waals surface area contributed by atoms with Crippen molar-refractivity contribution in [1.82, 2.24) is 25.7 Å². The van der Waals surface area contributed by atoms with E-state index in [0.29, 0.717) is 23.3 Å². The number of hydrogen-bond acceptors (Lipinski definition) is 6. The van der Waals surface area contributed by atoms with Crippen LogP contribution in [-0.4, -0.2) is 33.4 Å². The fourth-order valence-electron chi connectivity index (χ4n) is 2.41. The fourth-order valence-corrected chi connectivity index (χ4v) is 3.05. The van der Waals surface area contributed by atoms with Gasteiger partial charge >= 0.3 is 0 Å². The molecule has 3 aromatic rings. The lowest BCUT2D eigenvalue weighted by atomic mass is 10.1. The number of hydrogen-bond donors (Lipinski definition) is 2. The summed E-state index contributed by atoms with van der Waals surface area (Å²) < 4.78 is 5.30. The SMILES string of the molecule is Cl.c1cc(-c2noc(-c3cc(C4CCNC4)[nH]n3)n2)cs1. The van der Waals surface area contributed by atoms with Gasteiger partial charge in [-0.2, -0.15) is 21.4 Å². The molecule has 6 nitrogen and oxygen atoms in total. The Morgan fingerprint density at radius 3 is 3.10 bits per heavy atom. The third kappa shape index (κ3) is 2.72. The maximum absolute atomic E-state index is 5.30. The smallest absolute Gasteiger partial charge is 0.278 e. The van der Waals surface area contributed by atoms with Crippen LogP contribution in [0.1, 0.15) is 18.0 Å².